The molecular formula is C20H24N2O3. The Hall–Kier alpha value is -2.69. The zero-order chi connectivity index (χ0) is 18.0. The molecule has 0 atom stereocenters. The Bertz CT molecular complexity index is 815. The standard InChI is InChI=1S/C11H13NO2.C9H11NO/c1-7-5-10(12-8(2)13)9-3-4-14-11(9)6-7;1-6-4-8(10)7-2-3-11-9(7)5-6/h5-6H,3-4H2,1-2H3,(H,12,13);4-5H,2-3,10H2,1H3. The highest BCUT2D eigenvalue weighted by Crippen LogP contribution is 2.33. The lowest BCUT2D eigenvalue weighted by Crippen LogP contribution is -2.07. The first-order valence-electron chi connectivity index (χ1n) is 8.49. The lowest BCUT2D eigenvalue weighted by Gasteiger charge is -2.08. The first-order valence-corrected chi connectivity index (χ1v) is 8.49. The fourth-order valence-corrected chi connectivity index (χ4v) is 3.20. The summed E-state index contributed by atoms with van der Waals surface area (Å²) in [7, 11) is 0. The molecule has 0 spiro atoms. The Balaban J connectivity index is 0.000000150. The zero-order valence-corrected chi connectivity index (χ0v) is 14.9. The summed E-state index contributed by atoms with van der Waals surface area (Å²) in [5, 5.41) is 2.83. The van der Waals surface area contributed by atoms with Crippen LogP contribution >= 0.6 is 0 Å². The molecule has 2 heterocycles. The summed E-state index contributed by atoms with van der Waals surface area (Å²) in [6, 6.07) is 8.02. The van der Waals surface area contributed by atoms with Crippen LogP contribution < -0.4 is 20.5 Å². The van der Waals surface area contributed by atoms with E-state index in [1.165, 1.54) is 18.1 Å². The Morgan fingerprint density at radius 3 is 2.16 bits per heavy atom. The predicted molar refractivity (Wildman–Crippen MR) is 99.5 cm³/mol. The number of hydrogen-bond donors (Lipinski definition) is 2. The van der Waals surface area contributed by atoms with Gasteiger partial charge in [0.15, 0.2) is 0 Å². The maximum atomic E-state index is 11.0. The first kappa shape index (κ1) is 17.1. The lowest BCUT2D eigenvalue weighted by molar-refractivity contribution is -0.114. The summed E-state index contributed by atoms with van der Waals surface area (Å²) in [4.78, 5) is 11.0. The third-order valence-electron chi connectivity index (χ3n) is 4.27. The highest BCUT2D eigenvalue weighted by molar-refractivity contribution is 5.90. The highest BCUT2D eigenvalue weighted by Gasteiger charge is 2.17. The molecule has 4 rings (SSSR count). The van der Waals surface area contributed by atoms with E-state index in [-0.39, 0.29) is 5.91 Å². The molecule has 5 heteroatoms. The van der Waals surface area contributed by atoms with Gasteiger partial charge in [0.25, 0.3) is 0 Å². The quantitative estimate of drug-likeness (QED) is 0.780. The molecule has 3 N–H and O–H groups in total. The number of aryl methyl sites for hydroxylation is 2. The number of amides is 1. The van der Waals surface area contributed by atoms with Gasteiger partial charge >= 0.3 is 0 Å². The van der Waals surface area contributed by atoms with Gasteiger partial charge < -0.3 is 20.5 Å². The minimum absolute atomic E-state index is 0.0373. The lowest BCUT2D eigenvalue weighted by atomic mass is 10.1. The van der Waals surface area contributed by atoms with Crippen molar-refractivity contribution in [3.8, 4) is 11.5 Å². The average molecular weight is 340 g/mol. The van der Waals surface area contributed by atoms with E-state index in [0.29, 0.717) is 6.61 Å². The molecule has 2 aliphatic rings. The second-order valence-electron chi connectivity index (χ2n) is 6.50. The molecule has 2 aromatic rings. The van der Waals surface area contributed by atoms with Gasteiger partial charge in [0.2, 0.25) is 5.91 Å². The molecule has 132 valence electrons. The molecular weight excluding hydrogens is 316 g/mol. The summed E-state index contributed by atoms with van der Waals surface area (Å²) in [6.45, 7) is 7.03. The monoisotopic (exact) mass is 340 g/mol. The van der Waals surface area contributed by atoms with Gasteiger partial charge in [-0.2, -0.15) is 0 Å². The van der Waals surface area contributed by atoms with Crippen LogP contribution in [0.3, 0.4) is 0 Å². The zero-order valence-electron chi connectivity index (χ0n) is 14.9. The van der Waals surface area contributed by atoms with Crippen molar-refractivity contribution in [3.63, 3.8) is 0 Å². The fourth-order valence-electron chi connectivity index (χ4n) is 3.20. The maximum Gasteiger partial charge on any atom is 0.221 e. The van der Waals surface area contributed by atoms with Crippen LogP contribution in [0.25, 0.3) is 0 Å². The number of anilines is 2. The molecule has 0 unspecified atom stereocenters. The first-order chi connectivity index (χ1) is 11.9. The Kier molecular flexibility index (Phi) is 4.83. The van der Waals surface area contributed by atoms with Crippen LogP contribution in [0, 0.1) is 13.8 Å². The fraction of sp³-hybridized carbons (Fsp3) is 0.350. The number of fused-ring (bicyclic) bond motifs is 2. The number of hydrogen-bond acceptors (Lipinski definition) is 4. The summed E-state index contributed by atoms with van der Waals surface area (Å²) in [6.07, 6.45) is 1.84. The van der Waals surface area contributed by atoms with E-state index in [9.17, 15) is 4.79 Å². The van der Waals surface area contributed by atoms with Crippen molar-refractivity contribution in [1.29, 1.82) is 0 Å². The average Bonchev–Trinajstić information content (AvgIpc) is 3.15. The van der Waals surface area contributed by atoms with Crippen LogP contribution in [-0.2, 0) is 17.6 Å². The molecule has 0 saturated heterocycles. The van der Waals surface area contributed by atoms with Crippen molar-refractivity contribution in [1.82, 2.24) is 0 Å². The Labute approximate surface area is 148 Å². The molecule has 2 aliphatic heterocycles. The van der Waals surface area contributed by atoms with Crippen LogP contribution in [0.1, 0.15) is 29.2 Å². The smallest absolute Gasteiger partial charge is 0.221 e. The third kappa shape index (κ3) is 3.87. The van der Waals surface area contributed by atoms with Crippen LogP contribution in [0.5, 0.6) is 11.5 Å². The molecule has 2 aromatic carbocycles. The van der Waals surface area contributed by atoms with Crippen molar-refractivity contribution < 1.29 is 14.3 Å². The van der Waals surface area contributed by atoms with E-state index in [0.717, 1.165) is 53.4 Å². The van der Waals surface area contributed by atoms with Crippen LogP contribution in [-0.4, -0.2) is 19.1 Å². The molecule has 5 nitrogen and oxygen atoms in total. The van der Waals surface area contributed by atoms with E-state index < -0.39 is 0 Å². The SMILES string of the molecule is CC(=O)Nc1cc(C)cc2c1CCO2.Cc1cc(N)c2c(c1)OCC2. The van der Waals surface area contributed by atoms with Crippen LogP contribution in [0.4, 0.5) is 11.4 Å². The summed E-state index contributed by atoms with van der Waals surface area (Å²) in [5.41, 5.74) is 12.1. The molecule has 0 bridgehead atoms. The molecule has 0 fully saturated rings. The van der Waals surface area contributed by atoms with E-state index >= 15 is 0 Å². The van der Waals surface area contributed by atoms with Gasteiger partial charge in [0.1, 0.15) is 11.5 Å². The van der Waals surface area contributed by atoms with E-state index in [4.69, 9.17) is 15.2 Å². The number of ether oxygens (including phenoxy) is 2. The number of nitrogen functional groups attached to an aromatic ring is 1. The van der Waals surface area contributed by atoms with Crippen molar-refractivity contribution in [3.05, 3.63) is 46.5 Å². The van der Waals surface area contributed by atoms with E-state index in [2.05, 4.69) is 5.32 Å². The van der Waals surface area contributed by atoms with Gasteiger partial charge in [-0.3, -0.25) is 4.79 Å². The molecule has 25 heavy (non-hydrogen) atoms. The van der Waals surface area contributed by atoms with Gasteiger partial charge in [-0.05, 0) is 49.2 Å². The second kappa shape index (κ2) is 7.05. The Morgan fingerprint density at radius 1 is 0.960 bits per heavy atom. The Morgan fingerprint density at radius 2 is 1.52 bits per heavy atom. The summed E-state index contributed by atoms with van der Waals surface area (Å²) in [5.74, 6) is 1.85. The number of rotatable bonds is 1. The van der Waals surface area contributed by atoms with Crippen molar-refractivity contribution in [2.24, 2.45) is 0 Å². The topological polar surface area (TPSA) is 73.6 Å². The van der Waals surface area contributed by atoms with Crippen molar-refractivity contribution in [2.45, 2.75) is 33.6 Å². The van der Waals surface area contributed by atoms with E-state index in [1.807, 2.05) is 38.1 Å². The van der Waals surface area contributed by atoms with Gasteiger partial charge in [-0.15, -0.1) is 0 Å². The van der Waals surface area contributed by atoms with Gasteiger partial charge in [0, 0.05) is 42.3 Å². The minimum atomic E-state index is -0.0373. The van der Waals surface area contributed by atoms with Crippen LogP contribution in [0.2, 0.25) is 0 Å². The third-order valence-corrected chi connectivity index (χ3v) is 4.27. The van der Waals surface area contributed by atoms with Crippen molar-refractivity contribution in [2.75, 3.05) is 24.3 Å². The van der Waals surface area contributed by atoms with Gasteiger partial charge in [-0.1, -0.05) is 0 Å². The highest BCUT2D eigenvalue weighted by atomic mass is 16.5. The van der Waals surface area contributed by atoms with E-state index in [1.54, 1.807) is 0 Å². The molecule has 1 amide bonds. The number of carbonyl (C=O) groups excluding carboxylic acids is 1. The summed E-state index contributed by atoms with van der Waals surface area (Å²) < 4.78 is 10.8. The largest absolute Gasteiger partial charge is 0.493 e. The summed E-state index contributed by atoms with van der Waals surface area (Å²) >= 11 is 0. The minimum Gasteiger partial charge on any atom is -0.493 e. The molecule has 0 radical (unpaired) electrons. The molecule has 0 aromatic heterocycles. The number of nitrogens with one attached hydrogen (secondary N) is 1. The molecule has 0 aliphatic carbocycles. The molecule has 0 saturated carbocycles. The second-order valence-corrected chi connectivity index (χ2v) is 6.50. The number of carbonyl (C=O) groups is 1. The predicted octanol–water partition coefficient (Wildman–Crippen LogP) is 3.40. The number of benzene rings is 2. The van der Waals surface area contributed by atoms with Crippen LogP contribution in [0.15, 0.2) is 24.3 Å². The van der Waals surface area contributed by atoms with Gasteiger partial charge in [-0.25, -0.2) is 0 Å². The maximum absolute atomic E-state index is 11.0. The number of nitrogens with two attached hydrogens (primary N) is 1. The van der Waals surface area contributed by atoms with Gasteiger partial charge in [0.05, 0.1) is 13.2 Å². The van der Waals surface area contributed by atoms with Crippen molar-refractivity contribution >= 4 is 17.3 Å². The normalized spacial score (nSPS) is 13.7.